The second kappa shape index (κ2) is 11.4. The minimum absolute atomic E-state index is 0.0478. The maximum absolute atomic E-state index is 12.3. The number of carbonyl (C=O) groups excluding carboxylic acids is 3. The molecule has 0 aromatic heterocycles. The number of nitrogens with zero attached hydrogens (tertiary/aromatic N) is 1. The third kappa shape index (κ3) is 6.57. The molecule has 0 bridgehead atoms. The molecule has 2 atom stereocenters. The third-order valence-corrected chi connectivity index (χ3v) is 3.36. The molecule has 7 nitrogen and oxygen atoms in total. The fraction of sp³-hybridized carbons (Fsp3) is 0.765. The molecule has 7 heteroatoms. The quantitative estimate of drug-likeness (QED) is 0.340. The molecule has 0 aromatic rings. The molecule has 136 valence electrons. The van der Waals surface area contributed by atoms with E-state index in [0.717, 1.165) is 0 Å². The summed E-state index contributed by atoms with van der Waals surface area (Å²) in [6.45, 7) is 8.88. The molecule has 0 rings (SSSR count). The van der Waals surface area contributed by atoms with Gasteiger partial charge < -0.3 is 14.2 Å². The van der Waals surface area contributed by atoms with Crippen LogP contribution in [0, 0.1) is 35.0 Å². The Balaban J connectivity index is 5.80. The topological polar surface area (TPSA) is 103 Å². The van der Waals surface area contributed by atoms with Gasteiger partial charge in [-0.15, -0.1) is 0 Å². The van der Waals surface area contributed by atoms with Crippen LogP contribution < -0.4 is 0 Å². The van der Waals surface area contributed by atoms with Crippen LogP contribution in [0.2, 0.25) is 0 Å². The Labute approximate surface area is 143 Å². The van der Waals surface area contributed by atoms with E-state index < -0.39 is 35.7 Å². The zero-order valence-corrected chi connectivity index (χ0v) is 15.0. The standard InChI is InChI=1S/C17H27NO6/c1-6-22-15(19)13(10-18)12(9-11(4)5)14(16(20)23-7-2)17(21)24-8-3/h11-14H,6-9H2,1-5H3. The number of nitriles is 1. The summed E-state index contributed by atoms with van der Waals surface area (Å²) in [4.78, 5) is 36.7. The van der Waals surface area contributed by atoms with E-state index in [-0.39, 0.29) is 25.7 Å². The lowest BCUT2D eigenvalue weighted by molar-refractivity contribution is -0.167. The molecular weight excluding hydrogens is 314 g/mol. The van der Waals surface area contributed by atoms with E-state index >= 15 is 0 Å². The highest BCUT2D eigenvalue weighted by Crippen LogP contribution is 2.31. The summed E-state index contributed by atoms with van der Waals surface area (Å²) in [5.41, 5.74) is 0. The number of ether oxygens (including phenoxy) is 3. The molecule has 0 amide bonds. The van der Waals surface area contributed by atoms with Crippen molar-refractivity contribution in [2.75, 3.05) is 19.8 Å². The maximum Gasteiger partial charge on any atom is 0.323 e. The van der Waals surface area contributed by atoms with Gasteiger partial charge in [-0.05, 0) is 33.1 Å². The van der Waals surface area contributed by atoms with Crippen LogP contribution >= 0.6 is 0 Å². The second-order valence-electron chi connectivity index (χ2n) is 5.63. The van der Waals surface area contributed by atoms with Gasteiger partial charge in [0.25, 0.3) is 0 Å². The largest absolute Gasteiger partial charge is 0.465 e. The van der Waals surface area contributed by atoms with Crippen molar-refractivity contribution < 1.29 is 28.6 Å². The third-order valence-electron chi connectivity index (χ3n) is 3.36. The average Bonchev–Trinajstić information content (AvgIpc) is 2.48. The van der Waals surface area contributed by atoms with E-state index in [4.69, 9.17) is 14.2 Å². The number of carbonyl (C=O) groups is 3. The van der Waals surface area contributed by atoms with Crippen LogP contribution in [0.3, 0.4) is 0 Å². The average molecular weight is 341 g/mol. The van der Waals surface area contributed by atoms with Gasteiger partial charge in [0.2, 0.25) is 0 Å². The van der Waals surface area contributed by atoms with Crippen molar-refractivity contribution in [3.8, 4) is 6.07 Å². The zero-order valence-electron chi connectivity index (χ0n) is 15.0. The number of esters is 3. The Kier molecular flexibility index (Phi) is 10.4. The maximum atomic E-state index is 12.3. The highest BCUT2D eigenvalue weighted by atomic mass is 16.6. The van der Waals surface area contributed by atoms with Crippen molar-refractivity contribution in [1.82, 2.24) is 0 Å². The Morgan fingerprint density at radius 1 is 0.875 bits per heavy atom. The summed E-state index contributed by atoms with van der Waals surface area (Å²) in [5.74, 6) is -5.71. The highest BCUT2D eigenvalue weighted by Gasteiger charge is 2.45. The number of rotatable bonds is 10. The molecule has 0 heterocycles. The van der Waals surface area contributed by atoms with E-state index in [0.29, 0.717) is 6.42 Å². The van der Waals surface area contributed by atoms with Gasteiger partial charge >= 0.3 is 17.9 Å². The Hall–Kier alpha value is -2.10. The lowest BCUT2D eigenvalue weighted by atomic mass is 9.77. The molecule has 0 aliphatic rings. The van der Waals surface area contributed by atoms with Crippen LogP contribution in [0.15, 0.2) is 0 Å². The van der Waals surface area contributed by atoms with Crippen LogP contribution in [0.1, 0.15) is 41.0 Å². The molecule has 0 saturated carbocycles. The molecule has 0 N–H and O–H groups in total. The lowest BCUT2D eigenvalue weighted by Crippen LogP contribution is -2.41. The van der Waals surface area contributed by atoms with E-state index in [1.807, 2.05) is 19.9 Å². The summed E-state index contributed by atoms with van der Waals surface area (Å²) < 4.78 is 14.9. The molecule has 0 saturated heterocycles. The smallest absolute Gasteiger partial charge is 0.323 e. The van der Waals surface area contributed by atoms with Gasteiger partial charge in [0.1, 0.15) is 5.92 Å². The summed E-state index contributed by atoms with van der Waals surface area (Å²) in [6.07, 6.45) is 0.305. The van der Waals surface area contributed by atoms with Gasteiger partial charge in [0, 0.05) is 5.92 Å². The first-order valence-corrected chi connectivity index (χ1v) is 8.23. The van der Waals surface area contributed by atoms with Crippen LogP contribution in [0.4, 0.5) is 0 Å². The Bertz CT molecular complexity index is 450. The first-order valence-electron chi connectivity index (χ1n) is 8.23. The van der Waals surface area contributed by atoms with E-state index in [1.165, 1.54) is 0 Å². The number of hydrogen-bond acceptors (Lipinski definition) is 7. The Morgan fingerprint density at radius 3 is 1.62 bits per heavy atom. The van der Waals surface area contributed by atoms with Crippen LogP contribution in [0.25, 0.3) is 0 Å². The molecule has 0 aromatic carbocycles. The zero-order chi connectivity index (χ0) is 18.7. The van der Waals surface area contributed by atoms with Crippen LogP contribution in [0.5, 0.6) is 0 Å². The summed E-state index contributed by atoms with van der Waals surface area (Å²) in [6, 6.07) is 1.88. The summed E-state index contributed by atoms with van der Waals surface area (Å²) >= 11 is 0. The van der Waals surface area contributed by atoms with E-state index in [9.17, 15) is 19.6 Å². The van der Waals surface area contributed by atoms with Crippen LogP contribution in [-0.4, -0.2) is 37.7 Å². The van der Waals surface area contributed by atoms with E-state index in [1.54, 1.807) is 20.8 Å². The predicted molar refractivity (Wildman–Crippen MR) is 85.4 cm³/mol. The second-order valence-corrected chi connectivity index (χ2v) is 5.63. The van der Waals surface area contributed by atoms with Crippen molar-refractivity contribution in [2.45, 2.75) is 41.0 Å². The first-order chi connectivity index (χ1) is 11.3. The fourth-order valence-electron chi connectivity index (χ4n) is 2.47. The summed E-state index contributed by atoms with van der Waals surface area (Å²) in [5, 5.41) is 9.42. The Morgan fingerprint density at radius 2 is 1.29 bits per heavy atom. The minimum atomic E-state index is -1.33. The molecule has 2 unspecified atom stereocenters. The van der Waals surface area contributed by atoms with Gasteiger partial charge in [-0.25, -0.2) is 0 Å². The molecule has 0 spiro atoms. The molecule has 0 fully saturated rings. The van der Waals surface area contributed by atoms with Gasteiger partial charge in [-0.1, -0.05) is 13.8 Å². The minimum Gasteiger partial charge on any atom is -0.465 e. The fourth-order valence-corrected chi connectivity index (χ4v) is 2.47. The van der Waals surface area contributed by atoms with Crippen molar-refractivity contribution in [3.63, 3.8) is 0 Å². The normalized spacial score (nSPS) is 13.1. The SMILES string of the molecule is CCOC(=O)C(C#N)C(CC(C)C)C(C(=O)OCC)C(=O)OCC. The van der Waals surface area contributed by atoms with Crippen molar-refractivity contribution in [1.29, 1.82) is 5.26 Å². The van der Waals surface area contributed by atoms with Gasteiger partial charge in [0.05, 0.1) is 25.9 Å². The molecule has 0 aliphatic carbocycles. The molecule has 0 aliphatic heterocycles. The van der Waals surface area contributed by atoms with Crippen molar-refractivity contribution in [2.24, 2.45) is 23.7 Å². The van der Waals surface area contributed by atoms with E-state index in [2.05, 4.69) is 0 Å². The molecule has 24 heavy (non-hydrogen) atoms. The first kappa shape index (κ1) is 21.9. The van der Waals surface area contributed by atoms with Crippen LogP contribution in [-0.2, 0) is 28.6 Å². The van der Waals surface area contributed by atoms with Gasteiger partial charge in [0.15, 0.2) is 5.92 Å². The van der Waals surface area contributed by atoms with Crippen molar-refractivity contribution >= 4 is 17.9 Å². The number of hydrogen-bond donors (Lipinski definition) is 0. The van der Waals surface area contributed by atoms with Gasteiger partial charge in [-0.2, -0.15) is 5.26 Å². The molecular formula is C17H27NO6. The summed E-state index contributed by atoms with van der Waals surface area (Å²) in [7, 11) is 0. The van der Waals surface area contributed by atoms with Crippen molar-refractivity contribution in [3.05, 3.63) is 0 Å². The monoisotopic (exact) mass is 341 g/mol. The molecule has 0 radical (unpaired) electrons. The predicted octanol–water partition coefficient (Wildman–Crippen LogP) is 2.09. The highest BCUT2D eigenvalue weighted by molar-refractivity contribution is 5.96. The van der Waals surface area contributed by atoms with Gasteiger partial charge in [-0.3, -0.25) is 14.4 Å². The lowest BCUT2D eigenvalue weighted by Gasteiger charge is -2.27.